The van der Waals surface area contributed by atoms with Gasteiger partial charge >= 0.3 is 0 Å². The molecule has 2 aromatic rings. The zero-order valence-electron chi connectivity index (χ0n) is 14.7. The number of benzene rings is 1. The maximum Gasteiger partial charge on any atom is 0.220 e. The normalized spacial score (nSPS) is 24.2. The molecule has 4 nitrogen and oxygen atoms in total. The molecule has 2 atom stereocenters. The number of amides is 1. The molecule has 0 unspecified atom stereocenters. The van der Waals surface area contributed by atoms with Gasteiger partial charge in [-0.05, 0) is 37.8 Å². The van der Waals surface area contributed by atoms with Crippen LogP contribution in [0.3, 0.4) is 0 Å². The smallest absolute Gasteiger partial charge is 0.220 e. The highest BCUT2D eigenvalue weighted by atomic mass is 32.1. The summed E-state index contributed by atoms with van der Waals surface area (Å²) in [4.78, 5) is 16.9. The lowest BCUT2D eigenvalue weighted by Crippen LogP contribution is -2.59. The minimum Gasteiger partial charge on any atom is -0.352 e. The Kier molecular flexibility index (Phi) is 5.32. The van der Waals surface area contributed by atoms with E-state index in [1.807, 2.05) is 18.2 Å². The molecule has 1 amide bonds. The van der Waals surface area contributed by atoms with Crippen LogP contribution in [-0.2, 0) is 11.2 Å². The lowest BCUT2D eigenvalue weighted by Gasteiger charge is -2.41. The Labute approximate surface area is 153 Å². The molecule has 0 bridgehead atoms. The van der Waals surface area contributed by atoms with Crippen LogP contribution in [0.2, 0.25) is 0 Å². The molecule has 0 aliphatic heterocycles. The van der Waals surface area contributed by atoms with E-state index < -0.39 is 0 Å². The average molecular weight is 358 g/mol. The van der Waals surface area contributed by atoms with Crippen LogP contribution in [0.4, 0.5) is 0 Å². The number of carbonyl (C=O) groups excluding carboxylic acids is 1. The van der Waals surface area contributed by atoms with Crippen molar-refractivity contribution < 1.29 is 4.79 Å². The number of nitrogens with one attached hydrogen (secondary N) is 2. The number of para-hydroxylation sites is 1. The fourth-order valence-electron chi connectivity index (χ4n) is 3.97. The molecule has 2 N–H and O–H groups in total. The number of carbonyl (C=O) groups is 1. The van der Waals surface area contributed by atoms with Crippen LogP contribution in [0.25, 0.3) is 10.2 Å². The van der Waals surface area contributed by atoms with Crippen molar-refractivity contribution in [3.05, 3.63) is 29.3 Å². The van der Waals surface area contributed by atoms with Crippen molar-refractivity contribution in [3.63, 3.8) is 0 Å². The Morgan fingerprint density at radius 1 is 1.08 bits per heavy atom. The Morgan fingerprint density at radius 2 is 1.88 bits per heavy atom. The van der Waals surface area contributed by atoms with Crippen molar-refractivity contribution >= 4 is 27.5 Å². The summed E-state index contributed by atoms with van der Waals surface area (Å²) in [5.41, 5.74) is 1.04. The van der Waals surface area contributed by atoms with Gasteiger partial charge < -0.3 is 10.6 Å². The SMILES string of the molecule is O=C(CCc1nc2ccccc2s1)N[C@H]1CC[C@H]1NC1CCCCC1. The van der Waals surface area contributed by atoms with Crippen LogP contribution in [0.15, 0.2) is 24.3 Å². The summed E-state index contributed by atoms with van der Waals surface area (Å²) in [5, 5.41) is 8.07. The van der Waals surface area contributed by atoms with E-state index in [2.05, 4.69) is 21.7 Å². The molecule has 1 heterocycles. The standard InChI is InChI=1S/C20H27N3OS/c24-19(12-13-20-23-17-8-4-5-9-18(17)25-20)22-16-11-10-15(16)21-14-6-2-1-3-7-14/h4-5,8-9,14-16,21H,1-3,6-7,10-13H2,(H,22,24)/t15-,16+/m1/s1. The van der Waals surface area contributed by atoms with Crippen LogP contribution in [-0.4, -0.2) is 29.0 Å². The zero-order valence-corrected chi connectivity index (χ0v) is 15.5. The number of rotatable bonds is 6. The Hall–Kier alpha value is -1.46. The predicted molar refractivity (Wildman–Crippen MR) is 103 cm³/mol. The van der Waals surface area contributed by atoms with E-state index in [4.69, 9.17) is 0 Å². The van der Waals surface area contributed by atoms with Gasteiger partial charge in [-0.25, -0.2) is 4.98 Å². The second kappa shape index (κ2) is 7.83. The average Bonchev–Trinajstić information content (AvgIpc) is 3.05. The van der Waals surface area contributed by atoms with Gasteiger partial charge in [0.05, 0.1) is 15.2 Å². The first kappa shape index (κ1) is 17.0. The molecule has 2 fully saturated rings. The monoisotopic (exact) mass is 357 g/mol. The predicted octanol–water partition coefficient (Wildman–Crippen LogP) is 3.80. The van der Waals surface area contributed by atoms with E-state index in [1.165, 1.54) is 43.2 Å². The molecule has 2 saturated carbocycles. The fraction of sp³-hybridized carbons (Fsp3) is 0.600. The van der Waals surface area contributed by atoms with Gasteiger partial charge in [0.25, 0.3) is 0 Å². The van der Waals surface area contributed by atoms with Gasteiger partial charge in [0.15, 0.2) is 0 Å². The van der Waals surface area contributed by atoms with E-state index >= 15 is 0 Å². The topological polar surface area (TPSA) is 54.0 Å². The Balaban J connectivity index is 1.23. The highest BCUT2D eigenvalue weighted by molar-refractivity contribution is 7.18. The van der Waals surface area contributed by atoms with Crippen molar-refractivity contribution in [1.29, 1.82) is 0 Å². The van der Waals surface area contributed by atoms with Crippen LogP contribution in [0, 0.1) is 0 Å². The van der Waals surface area contributed by atoms with E-state index in [0.29, 0.717) is 24.5 Å². The number of hydrogen-bond acceptors (Lipinski definition) is 4. The molecule has 5 heteroatoms. The number of thiazole rings is 1. The van der Waals surface area contributed by atoms with Gasteiger partial charge in [0.2, 0.25) is 5.91 Å². The summed E-state index contributed by atoms with van der Waals surface area (Å²) in [5.74, 6) is 0.166. The van der Waals surface area contributed by atoms with Gasteiger partial charge in [-0.2, -0.15) is 0 Å². The van der Waals surface area contributed by atoms with E-state index in [-0.39, 0.29) is 5.91 Å². The number of hydrogen-bond donors (Lipinski definition) is 2. The van der Waals surface area contributed by atoms with Gasteiger partial charge in [0, 0.05) is 31.0 Å². The highest BCUT2D eigenvalue weighted by Crippen LogP contribution is 2.25. The minimum atomic E-state index is 0.166. The molecular formula is C20H27N3OS. The Morgan fingerprint density at radius 3 is 2.64 bits per heavy atom. The first-order valence-corrected chi connectivity index (χ1v) is 10.5. The number of aromatic nitrogens is 1. The summed E-state index contributed by atoms with van der Waals surface area (Å²) in [6.45, 7) is 0. The number of fused-ring (bicyclic) bond motifs is 1. The van der Waals surface area contributed by atoms with Crippen LogP contribution in [0.1, 0.15) is 56.4 Å². The summed E-state index contributed by atoms with van der Waals surface area (Å²) < 4.78 is 1.20. The van der Waals surface area contributed by atoms with Gasteiger partial charge in [0.1, 0.15) is 0 Å². The third-order valence-corrected chi connectivity index (χ3v) is 6.68. The molecule has 0 radical (unpaired) electrons. The maximum absolute atomic E-state index is 12.3. The summed E-state index contributed by atoms with van der Waals surface area (Å²) in [7, 11) is 0. The van der Waals surface area contributed by atoms with Gasteiger partial charge in [-0.1, -0.05) is 31.4 Å². The molecule has 2 aliphatic carbocycles. The second-order valence-corrected chi connectivity index (χ2v) is 8.55. The van der Waals surface area contributed by atoms with E-state index in [9.17, 15) is 4.79 Å². The Bertz CT molecular complexity index is 690. The highest BCUT2D eigenvalue weighted by Gasteiger charge is 2.33. The van der Waals surface area contributed by atoms with Gasteiger partial charge in [-0.3, -0.25) is 4.79 Å². The van der Waals surface area contributed by atoms with Crippen molar-refractivity contribution in [2.45, 2.75) is 75.9 Å². The van der Waals surface area contributed by atoms with Crippen molar-refractivity contribution in [2.24, 2.45) is 0 Å². The quantitative estimate of drug-likeness (QED) is 0.827. The molecular weight excluding hydrogens is 330 g/mol. The third kappa shape index (κ3) is 4.21. The first-order chi connectivity index (χ1) is 12.3. The molecule has 0 saturated heterocycles. The van der Waals surface area contributed by atoms with Crippen molar-refractivity contribution in [1.82, 2.24) is 15.6 Å². The minimum absolute atomic E-state index is 0.166. The fourth-order valence-corrected chi connectivity index (χ4v) is 4.94. The van der Waals surface area contributed by atoms with E-state index in [1.54, 1.807) is 11.3 Å². The van der Waals surface area contributed by atoms with Gasteiger partial charge in [-0.15, -0.1) is 11.3 Å². The molecule has 4 rings (SSSR count). The molecule has 134 valence electrons. The molecule has 25 heavy (non-hydrogen) atoms. The lowest BCUT2D eigenvalue weighted by atomic mass is 9.84. The van der Waals surface area contributed by atoms with Crippen LogP contribution < -0.4 is 10.6 Å². The molecule has 1 aromatic heterocycles. The molecule has 1 aromatic carbocycles. The maximum atomic E-state index is 12.3. The first-order valence-electron chi connectivity index (χ1n) is 9.68. The van der Waals surface area contributed by atoms with Crippen LogP contribution in [0.5, 0.6) is 0 Å². The van der Waals surface area contributed by atoms with Crippen molar-refractivity contribution in [2.75, 3.05) is 0 Å². The lowest BCUT2D eigenvalue weighted by molar-refractivity contribution is -0.122. The van der Waals surface area contributed by atoms with E-state index in [0.717, 1.165) is 23.4 Å². The van der Waals surface area contributed by atoms with Crippen LogP contribution >= 0.6 is 11.3 Å². The summed E-state index contributed by atoms with van der Waals surface area (Å²) in [6, 6.07) is 9.64. The summed E-state index contributed by atoms with van der Waals surface area (Å²) >= 11 is 1.70. The molecule has 0 spiro atoms. The number of aryl methyl sites for hydroxylation is 1. The van der Waals surface area contributed by atoms with Crippen molar-refractivity contribution in [3.8, 4) is 0 Å². The second-order valence-electron chi connectivity index (χ2n) is 7.43. The third-order valence-electron chi connectivity index (χ3n) is 5.58. The summed E-state index contributed by atoms with van der Waals surface area (Å²) in [6.07, 6.45) is 10.3. The number of nitrogens with zero attached hydrogens (tertiary/aromatic N) is 1. The largest absolute Gasteiger partial charge is 0.352 e. The zero-order chi connectivity index (χ0) is 17.1. The molecule has 2 aliphatic rings.